The molecule has 0 aliphatic rings. The van der Waals surface area contributed by atoms with Crippen LogP contribution in [0.2, 0.25) is 0 Å². The number of esters is 1. The first kappa shape index (κ1) is 19.1. The zero-order valence-corrected chi connectivity index (χ0v) is 14.6. The molecule has 0 aromatic heterocycles. The molecule has 0 aliphatic heterocycles. The summed E-state index contributed by atoms with van der Waals surface area (Å²) in [6.07, 6.45) is -0.650. The Bertz CT molecular complexity index is 675. The van der Waals surface area contributed by atoms with Gasteiger partial charge in [0.05, 0.1) is 4.90 Å². The second-order valence-corrected chi connectivity index (χ2v) is 7.54. The Balaban J connectivity index is 2.97. The molecule has 126 valence electrons. The van der Waals surface area contributed by atoms with Crippen molar-refractivity contribution in [2.45, 2.75) is 51.2 Å². The van der Waals surface area contributed by atoms with E-state index >= 15 is 0 Å². The molecule has 0 saturated carbocycles. The molecule has 0 radical (unpaired) electrons. The predicted octanol–water partition coefficient (Wildman–Crippen LogP) is 2.14. The van der Waals surface area contributed by atoms with Crippen molar-refractivity contribution >= 4 is 16.0 Å². The van der Waals surface area contributed by atoms with E-state index < -0.39 is 28.1 Å². The molecule has 23 heavy (non-hydrogen) atoms. The van der Waals surface area contributed by atoms with Crippen LogP contribution >= 0.6 is 0 Å². The molecule has 0 unspecified atom stereocenters. The summed E-state index contributed by atoms with van der Waals surface area (Å²) in [6.45, 7) is 7.02. The maximum atomic E-state index is 12.4. The number of hydrogen-bond acceptors (Lipinski definition) is 5. The number of sulfonamides is 1. The van der Waals surface area contributed by atoms with Crippen molar-refractivity contribution in [2.24, 2.45) is 5.92 Å². The number of nitrogens with zero attached hydrogens (tertiary/aromatic N) is 1. The van der Waals surface area contributed by atoms with Crippen molar-refractivity contribution in [3.05, 3.63) is 29.8 Å². The van der Waals surface area contributed by atoms with Gasteiger partial charge in [-0.05, 0) is 38.3 Å². The van der Waals surface area contributed by atoms with Crippen molar-refractivity contribution in [3.8, 4) is 6.07 Å². The van der Waals surface area contributed by atoms with Gasteiger partial charge >= 0.3 is 5.97 Å². The summed E-state index contributed by atoms with van der Waals surface area (Å²) in [7, 11) is -3.84. The molecule has 0 amide bonds. The summed E-state index contributed by atoms with van der Waals surface area (Å²) in [4.78, 5) is 12.2. The molecule has 0 aliphatic carbocycles. The van der Waals surface area contributed by atoms with Gasteiger partial charge in [0.15, 0.2) is 6.10 Å². The Hall–Kier alpha value is -1.91. The van der Waals surface area contributed by atoms with Crippen molar-refractivity contribution in [2.75, 3.05) is 0 Å². The molecule has 6 nitrogen and oxygen atoms in total. The average molecular weight is 338 g/mol. The zero-order valence-electron chi connectivity index (χ0n) is 13.7. The number of carbonyl (C=O) groups is 1. The van der Waals surface area contributed by atoms with E-state index in [1.165, 1.54) is 19.1 Å². The fourth-order valence-electron chi connectivity index (χ4n) is 1.92. The summed E-state index contributed by atoms with van der Waals surface area (Å²) in [6, 6.07) is 7.08. The number of aryl methyl sites for hydroxylation is 1. The molecule has 1 N–H and O–H groups in total. The fraction of sp³-hybridized carbons (Fsp3) is 0.500. The van der Waals surface area contributed by atoms with E-state index in [0.29, 0.717) is 0 Å². The van der Waals surface area contributed by atoms with E-state index in [0.717, 1.165) is 5.56 Å². The van der Waals surface area contributed by atoms with Gasteiger partial charge in [0.2, 0.25) is 10.0 Å². The third kappa shape index (κ3) is 6.00. The lowest BCUT2D eigenvalue weighted by Crippen LogP contribution is -2.43. The topological polar surface area (TPSA) is 96.3 Å². The lowest BCUT2D eigenvalue weighted by atomic mass is 10.0. The molecular weight excluding hydrogens is 316 g/mol. The number of hydrogen-bond donors (Lipinski definition) is 1. The van der Waals surface area contributed by atoms with E-state index in [2.05, 4.69) is 4.72 Å². The molecule has 0 heterocycles. The van der Waals surface area contributed by atoms with E-state index in [1.807, 2.05) is 20.8 Å². The molecule has 2 atom stereocenters. The highest BCUT2D eigenvalue weighted by atomic mass is 32.2. The molecular formula is C16H22N2O4S. The monoisotopic (exact) mass is 338 g/mol. The second-order valence-electron chi connectivity index (χ2n) is 5.82. The quantitative estimate of drug-likeness (QED) is 0.768. The molecule has 1 aromatic rings. The second kappa shape index (κ2) is 8.09. The van der Waals surface area contributed by atoms with Gasteiger partial charge in [0.25, 0.3) is 0 Å². The number of ether oxygens (including phenoxy) is 1. The van der Waals surface area contributed by atoms with Crippen molar-refractivity contribution < 1.29 is 17.9 Å². The van der Waals surface area contributed by atoms with Crippen molar-refractivity contribution in [1.29, 1.82) is 5.26 Å². The summed E-state index contributed by atoms with van der Waals surface area (Å²) in [5, 5.41) is 8.72. The largest absolute Gasteiger partial charge is 0.446 e. The minimum Gasteiger partial charge on any atom is -0.446 e. The molecule has 0 bridgehead atoms. The van der Waals surface area contributed by atoms with Gasteiger partial charge < -0.3 is 4.74 Å². The highest BCUT2D eigenvalue weighted by Gasteiger charge is 2.28. The van der Waals surface area contributed by atoms with E-state index in [9.17, 15) is 13.2 Å². The SMILES string of the molecule is Cc1ccc(S(=O)(=O)N[C@H](CC(C)C)C(=O)O[C@H](C)C#N)cc1. The minimum absolute atomic E-state index is 0.0747. The Labute approximate surface area is 137 Å². The number of rotatable bonds is 7. The van der Waals surface area contributed by atoms with Gasteiger partial charge in [-0.3, -0.25) is 4.79 Å². The lowest BCUT2D eigenvalue weighted by Gasteiger charge is -2.20. The van der Waals surface area contributed by atoms with Gasteiger partial charge in [0, 0.05) is 0 Å². The third-order valence-electron chi connectivity index (χ3n) is 3.10. The van der Waals surface area contributed by atoms with Crippen LogP contribution in [-0.4, -0.2) is 26.5 Å². The zero-order chi connectivity index (χ0) is 17.6. The third-order valence-corrected chi connectivity index (χ3v) is 4.58. The maximum Gasteiger partial charge on any atom is 0.325 e. The van der Waals surface area contributed by atoms with Crippen LogP contribution in [0.3, 0.4) is 0 Å². The Morgan fingerprint density at radius 3 is 2.30 bits per heavy atom. The van der Waals surface area contributed by atoms with Gasteiger partial charge in [-0.2, -0.15) is 9.98 Å². The highest BCUT2D eigenvalue weighted by Crippen LogP contribution is 2.14. The van der Waals surface area contributed by atoms with E-state index in [1.54, 1.807) is 18.2 Å². The minimum atomic E-state index is -3.84. The Kier molecular flexibility index (Phi) is 6.73. The Morgan fingerprint density at radius 2 is 1.83 bits per heavy atom. The lowest BCUT2D eigenvalue weighted by molar-refractivity contribution is -0.148. The smallest absolute Gasteiger partial charge is 0.325 e. The van der Waals surface area contributed by atoms with Crippen LogP contribution in [-0.2, 0) is 19.6 Å². The van der Waals surface area contributed by atoms with Crippen LogP contribution in [0.4, 0.5) is 0 Å². The molecule has 7 heteroatoms. The van der Waals surface area contributed by atoms with Crippen LogP contribution in [0, 0.1) is 24.2 Å². The standard InChI is InChI=1S/C16H22N2O4S/c1-11(2)9-15(16(19)22-13(4)10-17)18-23(20,21)14-7-5-12(3)6-8-14/h5-8,11,13,15,18H,9H2,1-4H3/t13-,15-/m1/s1. The number of nitriles is 1. The van der Waals surface area contributed by atoms with Gasteiger partial charge in [0.1, 0.15) is 12.1 Å². The highest BCUT2D eigenvalue weighted by molar-refractivity contribution is 7.89. The summed E-state index contributed by atoms with van der Waals surface area (Å²) >= 11 is 0. The predicted molar refractivity (Wildman–Crippen MR) is 85.9 cm³/mol. The number of benzene rings is 1. The number of nitrogens with one attached hydrogen (secondary N) is 1. The first-order chi connectivity index (χ1) is 10.7. The van der Waals surface area contributed by atoms with Crippen molar-refractivity contribution in [1.82, 2.24) is 4.72 Å². The molecule has 1 aromatic carbocycles. The fourth-order valence-corrected chi connectivity index (χ4v) is 3.12. The van der Waals surface area contributed by atoms with Gasteiger partial charge in [-0.1, -0.05) is 31.5 Å². The van der Waals surface area contributed by atoms with Gasteiger partial charge in [-0.25, -0.2) is 8.42 Å². The molecule has 0 fully saturated rings. The summed E-state index contributed by atoms with van der Waals surface area (Å²) < 4.78 is 32.1. The van der Waals surface area contributed by atoms with Crippen LogP contribution in [0.5, 0.6) is 0 Å². The first-order valence-electron chi connectivity index (χ1n) is 7.35. The van der Waals surface area contributed by atoms with Crippen LogP contribution in [0.1, 0.15) is 32.8 Å². The summed E-state index contributed by atoms with van der Waals surface area (Å²) in [5.74, 6) is -0.672. The van der Waals surface area contributed by atoms with E-state index in [4.69, 9.17) is 10.00 Å². The van der Waals surface area contributed by atoms with Crippen molar-refractivity contribution in [3.63, 3.8) is 0 Å². The normalized spacial score (nSPS) is 14.1. The Morgan fingerprint density at radius 1 is 1.26 bits per heavy atom. The average Bonchev–Trinajstić information content (AvgIpc) is 2.46. The van der Waals surface area contributed by atoms with Gasteiger partial charge in [-0.15, -0.1) is 0 Å². The maximum absolute atomic E-state index is 12.4. The van der Waals surface area contributed by atoms with Crippen LogP contribution in [0.25, 0.3) is 0 Å². The first-order valence-corrected chi connectivity index (χ1v) is 8.83. The molecule has 1 rings (SSSR count). The van der Waals surface area contributed by atoms with Crippen LogP contribution < -0.4 is 4.72 Å². The summed E-state index contributed by atoms with van der Waals surface area (Å²) in [5.41, 5.74) is 0.935. The number of carbonyl (C=O) groups excluding carboxylic acids is 1. The van der Waals surface area contributed by atoms with Crippen LogP contribution in [0.15, 0.2) is 29.2 Å². The van der Waals surface area contributed by atoms with E-state index in [-0.39, 0.29) is 17.2 Å². The molecule has 0 spiro atoms. The molecule has 0 saturated heterocycles.